The van der Waals surface area contributed by atoms with Gasteiger partial charge in [-0.05, 0) is 42.8 Å². The highest BCUT2D eigenvalue weighted by molar-refractivity contribution is 6.31. The van der Waals surface area contributed by atoms with E-state index in [0.29, 0.717) is 27.1 Å². The van der Waals surface area contributed by atoms with Gasteiger partial charge in [0.25, 0.3) is 5.56 Å². The molecule has 3 rings (SSSR count). The van der Waals surface area contributed by atoms with Crippen molar-refractivity contribution < 1.29 is 9.90 Å². The molecule has 1 aromatic carbocycles. The third-order valence-electron chi connectivity index (χ3n) is 3.47. The van der Waals surface area contributed by atoms with Gasteiger partial charge in [0.1, 0.15) is 5.65 Å². The second kappa shape index (κ2) is 4.86. The molecule has 0 saturated heterocycles. The number of carbonyl (C=O) groups is 1. The van der Waals surface area contributed by atoms with Crippen LogP contribution in [0.5, 0.6) is 0 Å². The lowest BCUT2D eigenvalue weighted by atomic mass is 10.0. The van der Waals surface area contributed by atoms with Crippen molar-refractivity contribution in [2.45, 2.75) is 12.8 Å². The predicted octanol–water partition coefficient (Wildman–Crippen LogP) is 2.69. The van der Waals surface area contributed by atoms with Crippen LogP contribution in [0.2, 0.25) is 5.02 Å². The van der Waals surface area contributed by atoms with Gasteiger partial charge in [-0.15, -0.1) is 0 Å². The van der Waals surface area contributed by atoms with Crippen LogP contribution >= 0.6 is 11.6 Å². The van der Waals surface area contributed by atoms with Crippen molar-refractivity contribution in [1.82, 2.24) is 9.38 Å². The molecule has 21 heavy (non-hydrogen) atoms. The highest BCUT2D eigenvalue weighted by Gasteiger charge is 2.15. The van der Waals surface area contributed by atoms with Gasteiger partial charge in [0, 0.05) is 11.2 Å². The third-order valence-corrected chi connectivity index (χ3v) is 3.71. The third kappa shape index (κ3) is 2.25. The molecule has 0 amide bonds. The first-order valence-corrected chi connectivity index (χ1v) is 6.69. The van der Waals surface area contributed by atoms with E-state index in [0.717, 1.165) is 0 Å². The van der Waals surface area contributed by atoms with Gasteiger partial charge in [0.2, 0.25) is 0 Å². The molecule has 3 aromatic rings. The fourth-order valence-electron chi connectivity index (χ4n) is 2.20. The largest absolute Gasteiger partial charge is 0.481 e. The Balaban J connectivity index is 2.32. The Hall–Kier alpha value is -2.40. The zero-order valence-electron chi connectivity index (χ0n) is 11.1. The fraction of sp³-hybridized carbons (Fsp3) is 0.133. The Kier molecular flexibility index (Phi) is 3.14. The number of carboxylic acid groups (broad SMARTS) is 1. The van der Waals surface area contributed by atoms with E-state index in [1.807, 2.05) is 0 Å². The first-order chi connectivity index (χ1) is 9.97. The molecule has 2 heterocycles. The first-order valence-electron chi connectivity index (χ1n) is 6.32. The number of pyridine rings is 1. The molecule has 0 spiro atoms. The Bertz CT molecular complexity index is 933. The van der Waals surface area contributed by atoms with Crippen molar-refractivity contribution in [3.05, 3.63) is 57.5 Å². The zero-order chi connectivity index (χ0) is 15.1. The van der Waals surface area contributed by atoms with Crippen LogP contribution in [-0.4, -0.2) is 20.5 Å². The average molecular weight is 303 g/mol. The lowest BCUT2D eigenvalue weighted by molar-refractivity contribution is -0.138. The molecular weight excluding hydrogens is 292 g/mol. The van der Waals surface area contributed by atoms with E-state index >= 15 is 0 Å². The minimum Gasteiger partial charge on any atom is -0.481 e. The maximum Gasteiger partial charge on any atom is 0.310 e. The van der Waals surface area contributed by atoms with E-state index < -0.39 is 11.9 Å². The molecular formula is C15H11ClN2O3. The predicted molar refractivity (Wildman–Crippen MR) is 80.0 cm³/mol. The molecule has 5 nitrogen and oxygen atoms in total. The van der Waals surface area contributed by atoms with E-state index in [-0.39, 0.29) is 5.56 Å². The molecule has 1 unspecified atom stereocenters. The first kappa shape index (κ1) is 13.6. The number of nitrogens with zero attached hydrogens (tertiary/aromatic N) is 2. The summed E-state index contributed by atoms with van der Waals surface area (Å²) in [5.74, 6) is -1.58. The number of fused-ring (bicyclic) bond motifs is 2. The van der Waals surface area contributed by atoms with E-state index in [2.05, 4.69) is 4.98 Å². The number of benzene rings is 1. The van der Waals surface area contributed by atoms with Crippen LogP contribution in [0.25, 0.3) is 16.6 Å². The molecule has 6 heteroatoms. The van der Waals surface area contributed by atoms with E-state index in [4.69, 9.17) is 16.7 Å². The lowest BCUT2D eigenvalue weighted by Gasteiger charge is -2.09. The molecule has 0 bridgehead atoms. The number of hydrogen-bond acceptors (Lipinski definition) is 3. The van der Waals surface area contributed by atoms with Crippen LogP contribution in [0.4, 0.5) is 0 Å². The van der Waals surface area contributed by atoms with E-state index in [1.54, 1.807) is 43.5 Å². The molecule has 1 atom stereocenters. The van der Waals surface area contributed by atoms with Gasteiger partial charge >= 0.3 is 5.97 Å². The lowest BCUT2D eigenvalue weighted by Crippen LogP contribution is -2.16. The average Bonchev–Trinajstić information content (AvgIpc) is 2.47. The molecule has 0 saturated carbocycles. The van der Waals surface area contributed by atoms with Crippen LogP contribution < -0.4 is 5.56 Å². The zero-order valence-corrected chi connectivity index (χ0v) is 11.8. The number of carboxylic acids is 1. The van der Waals surface area contributed by atoms with Crippen molar-refractivity contribution in [2.24, 2.45) is 0 Å². The highest BCUT2D eigenvalue weighted by Crippen LogP contribution is 2.19. The molecule has 1 N–H and O–H groups in total. The van der Waals surface area contributed by atoms with E-state index in [1.165, 1.54) is 4.40 Å². The van der Waals surface area contributed by atoms with Gasteiger partial charge in [0.05, 0.1) is 16.8 Å². The molecule has 0 radical (unpaired) electrons. The standard InChI is InChI=1S/C15H11ClN2O3/c1-8(15(20)21)9-4-5-18-13(6-9)17-12-3-2-10(16)7-11(12)14(18)19/h2-8H,1H3,(H,20,21). The SMILES string of the molecule is CC(C(=O)O)c1ccn2c(=O)c3cc(Cl)ccc3nc2c1. The molecule has 0 aliphatic heterocycles. The van der Waals surface area contributed by atoms with Crippen LogP contribution in [0.15, 0.2) is 41.3 Å². The minimum atomic E-state index is -0.922. The summed E-state index contributed by atoms with van der Waals surface area (Å²) in [4.78, 5) is 27.8. The van der Waals surface area contributed by atoms with Crippen molar-refractivity contribution in [2.75, 3.05) is 0 Å². The van der Waals surface area contributed by atoms with Gasteiger partial charge in [-0.3, -0.25) is 14.0 Å². The summed E-state index contributed by atoms with van der Waals surface area (Å²) >= 11 is 5.90. The smallest absolute Gasteiger partial charge is 0.310 e. The summed E-state index contributed by atoms with van der Waals surface area (Å²) in [6.45, 7) is 1.59. The summed E-state index contributed by atoms with van der Waals surface area (Å²) in [6, 6.07) is 8.15. The maximum atomic E-state index is 12.4. The van der Waals surface area contributed by atoms with Crippen LogP contribution in [-0.2, 0) is 4.79 Å². The maximum absolute atomic E-state index is 12.4. The quantitative estimate of drug-likeness (QED) is 0.739. The molecule has 0 fully saturated rings. The van der Waals surface area contributed by atoms with Gasteiger partial charge in [-0.2, -0.15) is 0 Å². The molecule has 106 valence electrons. The molecule has 0 aliphatic rings. The summed E-state index contributed by atoms with van der Waals surface area (Å²) in [5, 5.41) is 9.96. The second-order valence-corrected chi connectivity index (χ2v) is 5.26. The summed E-state index contributed by atoms with van der Waals surface area (Å²) in [6.07, 6.45) is 1.54. The topological polar surface area (TPSA) is 71.7 Å². The van der Waals surface area contributed by atoms with Gasteiger partial charge < -0.3 is 5.11 Å². The Labute approximate surface area is 124 Å². The van der Waals surface area contributed by atoms with Gasteiger partial charge in [-0.25, -0.2) is 4.98 Å². The van der Waals surface area contributed by atoms with Crippen molar-refractivity contribution in [1.29, 1.82) is 0 Å². The summed E-state index contributed by atoms with van der Waals surface area (Å²) in [5.41, 5.74) is 1.32. The normalized spacial score (nSPS) is 12.7. The number of rotatable bonds is 2. The molecule has 2 aromatic heterocycles. The van der Waals surface area contributed by atoms with Crippen LogP contribution in [0.1, 0.15) is 18.4 Å². The van der Waals surface area contributed by atoms with E-state index in [9.17, 15) is 9.59 Å². The highest BCUT2D eigenvalue weighted by atomic mass is 35.5. The summed E-state index contributed by atoms with van der Waals surface area (Å²) < 4.78 is 1.39. The number of halogens is 1. The van der Waals surface area contributed by atoms with Crippen LogP contribution in [0, 0.1) is 0 Å². The fourth-order valence-corrected chi connectivity index (χ4v) is 2.38. The summed E-state index contributed by atoms with van der Waals surface area (Å²) in [7, 11) is 0. The molecule has 0 aliphatic carbocycles. The van der Waals surface area contributed by atoms with Crippen LogP contribution in [0.3, 0.4) is 0 Å². The number of hydrogen-bond donors (Lipinski definition) is 1. The van der Waals surface area contributed by atoms with Crippen molar-refractivity contribution in [3.63, 3.8) is 0 Å². The number of aliphatic carboxylic acids is 1. The Morgan fingerprint density at radius 3 is 2.81 bits per heavy atom. The second-order valence-electron chi connectivity index (χ2n) is 4.83. The monoisotopic (exact) mass is 302 g/mol. The van der Waals surface area contributed by atoms with Crippen molar-refractivity contribution in [3.8, 4) is 0 Å². The number of aromatic nitrogens is 2. The van der Waals surface area contributed by atoms with Gasteiger partial charge in [0.15, 0.2) is 0 Å². The minimum absolute atomic E-state index is 0.230. The van der Waals surface area contributed by atoms with Gasteiger partial charge in [-0.1, -0.05) is 11.6 Å². The van der Waals surface area contributed by atoms with Crippen molar-refractivity contribution >= 4 is 34.1 Å². The Morgan fingerprint density at radius 1 is 1.33 bits per heavy atom. The Morgan fingerprint density at radius 2 is 2.10 bits per heavy atom.